The van der Waals surface area contributed by atoms with Crippen molar-refractivity contribution >= 4 is 17.5 Å². The predicted octanol–water partition coefficient (Wildman–Crippen LogP) is 2.69. The van der Waals surface area contributed by atoms with Gasteiger partial charge < -0.3 is 9.64 Å². The summed E-state index contributed by atoms with van der Waals surface area (Å²) < 4.78 is 5.80. The van der Waals surface area contributed by atoms with Crippen LogP contribution in [-0.2, 0) is 0 Å². The molecule has 1 unspecified atom stereocenters. The van der Waals surface area contributed by atoms with Crippen LogP contribution in [0.3, 0.4) is 0 Å². The van der Waals surface area contributed by atoms with Crippen LogP contribution in [0.2, 0.25) is 5.02 Å². The number of hydrogen-bond acceptors (Lipinski definition) is 5. The van der Waals surface area contributed by atoms with Crippen molar-refractivity contribution in [1.29, 1.82) is 5.26 Å². The molecular weight excluding hydrogens is 328 g/mol. The molecule has 0 radical (unpaired) electrons. The number of aromatic nitrogens is 2. The van der Waals surface area contributed by atoms with Gasteiger partial charge in [-0.05, 0) is 37.1 Å². The molecule has 6 nitrogen and oxygen atoms in total. The second-order valence-electron chi connectivity index (χ2n) is 5.46. The third-order valence-electron chi connectivity index (χ3n) is 3.81. The minimum Gasteiger partial charge on any atom is -0.470 e. The lowest BCUT2D eigenvalue weighted by Crippen LogP contribution is -2.44. The van der Waals surface area contributed by atoms with Crippen LogP contribution in [0.5, 0.6) is 5.88 Å². The second kappa shape index (κ2) is 7.28. The predicted molar refractivity (Wildman–Crippen MR) is 87.8 cm³/mol. The van der Waals surface area contributed by atoms with Gasteiger partial charge in [0.2, 0.25) is 5.69 Å². The zero-order valence-corrected chi connectivity index (χ0v) is 13.6. The van der Waals surface area contributed by atoms with Crippen LogP contribution in [0.15, 0.2) is 36.7 Å². The van der Waals surface area contributed by atoms with Crippen LogP contribution < -0.4 is 4.74 Å². The number of amides is 1. The van der Waals surface area contributed by atoms with E-state index in [1.165, 1.54) is 12.4 Å². The van der Waals surface area contributed by atoms with Crippen LogP contribution in [0.25, 0.3) is 0 Å². The van der Waals surface area contributed by atoms with Gasteiger partial charge in [-0.25, -0.2) is 9.97 Å². The van der Waals surface area contributed by atoms with E-state index in [2.05, 4.69) is 9.97 Å². The van der Waals surface area contributed by atoms with Gasteiger partial charge in [0, 0.05) is 29.5 Å². The van der Waals surface area contributed by atoms with E-state index < -0.39 is 0 Å². The van der Waals surface area contributed by atoms with Crippen LogP contribution in [-0.4, -0.2) is 40.0 Å². The zero-order valence-electron chi connectivity index (χ0n) is 12.9. The molecule has 24 heavy (non-hydrogen) atoms. The first-order valence-electron chi connectivity index (χ1n) is 7.60. The molecule has 7 heteroatoms. The third kappa shape index (κ3) is 3.63. The van der Waals surface area contributed by atoms with Crippen molar-refractivity contribution in [2.75, 3.05) is 13.1 Å². The average molecular weight is 343 g/mol. The van der Waals surface area contributed by atoms with Gasteiger partial charge in [-0.15, -0.1) is 0 Å². The second-order valence-corrected chi connectivity index (χ2v) is 5.90. The first kappa shape index (κ1) is 16.2. The van der Waals surface area contributed by atoms with Crippen LogP contribution in [0.1, 0.15) is 28.9 Å². The monoisotopic (exact) mass is 342 g/mol. The fourth-order valence-corrected chi connectivity index (χ4v) is 2.77. The maximum absolute atomic E-state index is 12.6. The van der Waals surface area contributed by atoms with Gasteiger partial charge in [0.25, 0.3) is 11.8 Å². The molecule has 0 aliphatic carbocycles. The van der Waals surface area contributed by atoms with E-state index in [9.17, 15) is 4.79 Å². The number of hydrogen-bond donors (Lipinski definition) is 0. The lowest BCUT2D eigenvalue weighted by molar-refractivity contribution is 0.0526. The van der Waals surface area contributed by atoms with Gasteiger partial charge in [-0.1, -0.05) is 11.6 Å². The molecule has 2 aromatic rings. The zero-order chi connectivity index (χ0) is 16.9. The standard InChI is InChI=1S/C17H15ClN4O2/c18-13-5-3-12(4-6-13)17(23)22-9-1-2-14(11-22)24-16-15(10-19)20-7-8-21-16/h3-8,14H,1-2,9,11H2. The molecule has 1 amide bonds. The van der Waals surface area contributed by atoms with Crippen molar-refractivity contribution < 1.29 is 9.53 Å². The van der Waals surface area contributed by atoms with Crippen molar-refractivity contribution in [2.24, 2.45) is 0 Å². The van der Waals surface area contributed by atoms with E-state index in [0.29, 0.717) is 23.7 Å². The molecule has 1 saturated heterocycles. The molecule has 0 saturated carbocycles. The maximum Gasteiger partial charge on any atom is 0.253 e. The molecule has 0 bridgehead atoms. The molecule has 0 spiro atoms. The van der Waals surface area contributed by atoms with Crippen molar-refractivity contribution in [1.82, 2.24) is 14.9 Å². The smallest absolute Gasteiger partial charge is 0.253 e. The number of benzene rings is 1. The third-order valence-corrected chi connectivity index (χ3v) is 4.06. The molecular formula is C17H15ClN4O2. The molecule has 1 aromatic heterocycles. The Labute approximate surface area is 144 Å². The number of halogens is 1. The van der Waals surface area contributed by atoms with E-state index in [1.54, 1.807) is 29.2 Å². The first-order valence-corrected chi connectivity index (χ1v) is 7.98. The van der Waals surface area contributed by atoms with E-state index in [4.69, 9.17) is 21.6 Å². The van der Waals surface area contributed by atoms with Gasteiger partial charge >= 0.3 is 0 Å². The van der Waals surface area contributed by atoms with Crippen molar-refractivity contribution in [3.8, 4) is 11.9 Å². The molecule has 1 fully saturated rings. The average Bonchev–Trinajstić information content (AvgIpc) is 2.62. The molecule has 2 heterocycles. The SMILES string of the molecule is N#Cc1nccnc1OC1CCCN(C(=O)c2ccc(Cl)cc2)C1. The molecule has 1 aliphatic heterocycles. The van der Waals surface area contributed by atoms with Crippen LogP contribution in [0, 0.1) is 11.3 Å². The topological polar surface area (TPSA) is 79.1 Å². The molecule has 1 aliphatic rings. The van der Waals surface area contributed by atoms with E-state index in [-0.39, 0.29) is 23.6 Å². The quantitative estimate of drug-likeness (QED) is 0.856. The Morgan fingerprint density at radius 1 is 1.29 bits per heavy atom. The van der Waals surface area contributed by atoms with Crippen LogP contribution >= 0.6 is 11.6 Å². The number of carbonyl (C=O) groups is 1. The van der Waals surface area contributed by atoms with Crippen molar-refractivity contribution in [2.45, 2.75) is 18.9 Å². The highest BCUT2D eigenvalue weighted by Gasteiger charge is 2.26. The Bertz CT molecular complexity index is 773. The molecule has 1 atom stereocenters. The summed E-state index contributed by atoms with van der Waals surface area (Å²) in [6.07, 6.45) is 4.34. The number of piperidine rings is 1. The van der Waals surface area contributed by atoms with Gasteiger partial charge in [-0.3, -0.25) is 4.79 Å². The minimum absolute atomic E-state index is 0.0559. The number of nitrogens with zero attached hydrogens (tertiary/aromatic N) is 4. The summed E-state index contributed by atoms with van der Waals surface area (Å²) in [5.41, 5.74) is 0.746. The first-order chi connectivity index (χ1) is 11.7. The summed E-state index contributed by atoms with van der Waals surface area (Å²) in [6.45, 7) is 1.12. The summed E-state index contributed by atoms with van der Waals surface area (Å²) in [6, 6.07) is 8.79. The largest absolute Gasteiger partial charge is 0.470 e. The van der Waals surface area contributed by atoms with Crippen molar-refractivity contribution in [3.63, 3.8) is 0 Å². The highest BCUT2D eigenvalue weighted by atomic mass is 35.5. The van der Waals surface area contributed by atoms with Gasteiger partial charge in [0.1, 0.15) is 12.2 Å². The van der Waals surface area contributed by atoms with Crippen LogP contribution in [0.4, 0.5) is 0 Å². The Morgan fingerprint density at radius 2 is 2.04 bits per heavy atom. The van der Waals surface area contributed by atoms with Crippen molar-refractivity contribution in [3.05, 3.63) is 52.9 Å². The Morgan fingerprint density at radius 3 is 2.79 bits per heavy atom. The number of rotatable bonds is 3. The fourth-order valence-electron chi connectivity index (χ4n) is 2.64. The molecule has 1 aromatic carbocycles. The van der Waals surface area contributed by atoms with Gasteiger partial charge in [0.05, 0.1) is 6.54 Å². The van der Waals surface area contributed by atoms with E-state index in [1.807, 2.05) is 6.07 Å². The lowest BCUT2D eigenvalue weighted by atomic mass is 10.1. The number of carbonyl (C=O) groups excluding carboxylic acids is 1. The highest BCUT2D eigenvalue weighted by Crippen LogP contribution is 2.20. The van der Waals surface area contributed by atoms with E-state index in [0.717, 1.165) is 12.8 Å². The highest BCUT2D eigenvalue weighted by molar-refractivity contribution is 6.30. The summed E-state index contributed by atoms with van der Waals surface area (Å²) >= 11 is 5.86. The summed E-state index contributed by atoms with van der Waals surface area (Å²) in [4.78, 5) is 22.3. The Balaban J connectivity index is 1.69. The molecule has 0 N–H and O–H groups in total. The molecule has 3 rings (SSSR count). The number of likely N-dealkylation sites (tertiary alicyclic amines) is 1. The normalized spacial score (nSPS) is 17.2. The summed E-state index contributed by atoms with van der Waals surface area (Å²) in [7, 11) is 0. The Hall–Kier alpha value is -2.65. The maximum atomic E-state index is 12.6. The van der Waals surface area contributed by atoms with Gasteiger partial charge in [-0.2, -0.15) is 5.26 Å². The summed E-state index contributed by atoms with van der Waals surface area (Å²) in [5, 5.41) is 9.65. The fraction of sp³-hybridized carbons (Fsp3) is 0.294. The minimum atomic E-state index is -0.209. The lowest BCUT2D eigenvalue weighted by Gasteiger charge is -2.32. The summed E-state index contributed by atoms with van der Waals surface area (Å²) in [5.74, 6) is 0.158. The Kier molecular flexibility index (Phi) is 4.92. The molecule has 122 valence electrons. The van der Waals surface area contributed by atoms with E-state index >= 15 is 0 Å². The number of ether oxygens (including phenoxy) is 1. The number of nitriles is 1. The van der Waals surface area contributed by atoms with Gasteiger partial charge in [0.15, 0.2) is 0 Å².